The Morgan fingerprint density at radius 2 is 1.38 bits per heavy atom. The van der Waals surface area contributed by atoms with Crippen LogP contribution < -0.4 is 0 Å². The Kier molecular flexibility index (Phi) is 1.60. The molecule has 0 aromatic heterocycles. The maximum Gasteiger partial charge on any atom is 0.346 e. The smallest absolute Gasteiger partial charge is 0.240 e. The zero-order valence-electron chi connectivity index (χ0n) is 8.25. The first-order valence-electron chi connectivity index (χ1n) is 5.30. The molecule has 92 valence electrons. The molecule has 3 aliphatic carbocycles. The fraction of sp³-hybridized carbons (Fsp3) is 1.00. The maximum atomic E-state index is 14.2. The van der Waals surface area contributed by atoms with E-state index in [4.69, 9.17) is 0 Å². The molecule has 3 saturated carbocycles. The van der Waals surface area contributed by atoms with Gasteiger partial charge in [-0.05, 0) is 25.2 Å². The summed E-state index contributed by atoms with van der Waals surface area (Å²) in [5.41, 5.74) is -6.70. The van der Waals surface area contributed by atoms with E-state index in [0.717, 1.165) is 0 Å². The van der Waals surface area contributed by atoms with Gasteiger partial charge in [0.15, 0.2) is 5.67 Å². The maximum absolute atomic E-state index is 14.2. The SMILES string of the molecule is FC1(F)CC2(F)C3CCC(C3)C2(F)C1(F)F. The molecule has 16 heavy (non-hydrogen) atoms. The van der Waals surface area contributed by atoms with Gasteiger partial charge < -0.3 is 0 Å². The molecule has 3 rings (SSSR count). The van der Waals surface area contributed by atoms with Crippen LogP contribution in [0.25, 0.3) is 0 Å². The second kappa shape index (κ2) is 2.38. The third kappa shape index (κ3) is 0.749. The Bertz CT molecular complexity index is 353. The highest BCUT2D eigenvalue weighted by atomic mass is 19.3. The van der Waals surface area contributed by atoms with E-state index in [1.807, 2.05) is 0 Å². The normalized spacial score (nSPS) is 56.6. The second-order valence-corrected chi connectivity index (χ2v) is 5.24. The minimum absolute atomic E-state index is 0.0291. The van der Waals surface area contributed by atoms with Crippen molar-refractivity contribution < 1.29 is 26.3 Å². The Balaban J connectivity index is 2.19. The van der Waals surface area contributed by atoms with Gasteiger partial charge in [0, 0.05) is 5.92 Å². The van der Waals surface area contributed by atoms with Crippen molar-refractivity contribution >= 4 is 0 Å². The molecule has 4 unspecified atom stereocenters. The Morgan fingerprint density at radius 3 is 1.94 bits per heavy atom. The molecule has 0 aromatic carbocycles. The lowest BCUT2D eigenvalue weighted by Gasteiger charge is -2.39. The van der Waals surface area contributed by atoms with Crippen LogP contribution in [0.1, 0.15) is 25.7 Å². The van der Waals surface area contributed by atoms with Crippen molar-refractivity contribution in [1.29, 1.82) is 0 Å². The predicted molar refractivity (Wildman–Crippen MR) is 43.0 cm³/mol. The van der Waals surface area contributed by atoms with Crippen molar-refractivity contribution in [3.8, 4) is 0 Å². The van der Waals surface area contributed by atoms with Crippen LogP contribution in [-0.2, 0) is 0 Å². The van der Waals surface area contributed by atoms with Gasteiger partial charge in [0.05, 0.1) is 6.42 Å². The van der Waals surface area contributed by atoms with Gasteiger partial charge in [-0.2, -0.15) is 17.6 Å². The molecule has 0 nitrogen and oxygen atoms in total. The van der Waals surface area contributed by atoms with Crippen LogP contribution in [-0.4, -0.2) is 23.2 Å². The zero-order chi connectivity index (χ0) is 12.0. The summed E-state index contributed by atoms with van der Waals surface area (Å²) in [6.45, 7) is 0. The number of alkyl halides is 6. The van der Waals surface area contributed by atoms with Crippen LogP contribution in [0, 0.1) is 11.8 Å². The molecule has 3 fully saturated rings. The lowest BCUT2D eigenvalue weighted by atomic mass is 9.75. The van der Waals surface area contributed by atoms with Crippen molar-refractivity contribution in [3.05, 3.63) is 0 Å². The van der Waals surface area contributed by atoms with E-state index in [2.05, 4.69) is 0 Å². The first-order valence-corrected chi connectivity index (χ1v) is 5.30. The zero-order valence-corrected chi connectivity index (χ0v) is 8.25. The molecule has 6 heteroatoms. The molecule has 0 heterocycles. The summed E-state index contributed by atoms with van der Waals surface area (Å²) in [4.78, 5) is 0. The van der Waals surface area contributed by atoms with Crippen LogP contribution in [0.3, 0.4) is 0 Å². The van der Waals surface area contributed by atoms with E-state index in [1.54, 1.807) is 0 Å². The summed E-state index contributed by atoms with van der Waals surface area (Å²) in [6.07, 6.45) is -1.39. The summed E-state index contributed by atoms with van der Waals surface area (Å²) < 4.78 is 81.4. The number of halogens is 6. The minimum atomic E-state index is -4.88. The Hall–Kier alpha value is -0.420. The molecule has 0 radical (unpaired) electrons. The molecule has 3 aliphatic rings. The third-order valence-electron chi connectivity index (χ3n) is 4.64. The fourth-order valence-electron chi connectivity index (χ4n) is 3.89. The van der Waals surface area contributed by atoms with E-state index in [0.29, 0.717) is 0 Å². The molecule has 0 aromatic rings. The molecular formula is C10H10F6. The lowest BCUT2D eigenvalue weighted by molar-refractivity contribution is -0.254. The van der Waals surface area contributed by atoms with Crippen LogP contribution >= 0.6 is 0 Å². The molecular weight excluding hydrogens is 234 g/mol. The largest absolute Gasteiger partial charge is 0.346 e. The summed E-state index contributed by atoms with van der Waals surface area (Å²) in [7, 11) is 0. The van der Waals surface area contributed by atoms with E-state index in [-0.39, 0.29) is 19.3 Å². The van der Waals surface area contributed by atoms with Gasteiger partial charge in [-0.15, -0.1) is 0 Å². The number of rotatable bonds is 0. The monoisotopic (exact) mass is 244 g/mol. The van der Waals surface area contributed by atoms with Crippen LogP contribution in [0.5, 0.6) is 0 Å². The molecule has 0 saturated heterocycles. The standard InChI is InChI=1S/C10H10F6/c11-7-4-8(12,13)10(15,16)9(7,14)6-2-1-5(7)3-6/h5-6H,1-4H2. The van der Waals surface area contributed by atoms with Gasteiger partial charge in [0.25, 0.3) is 0 Å². The van der Waals surface area contributed by atoms with E-state index in [1.165, 1.54) is 0 Å². The topological polar surface area (TPSA) is 0 Å². The average Bonchev–Trinajstić information content (AvgIpc) is 2.71. The predicted octanol–water partition coefficient (Wildman–Crippen LogP) is 3.51. The number of hydrogen-bond donors (Lipinski definition) is 0. The van der Waals surface area contributed by atoms with Crippen molar-refractivity contribution in [2.24, 2.45) is 11.8 Å². The van der Waals surface area contributed by atoms with Crippen molar-refractivity contribution in [1.82, 2.24) is 0 Å². The quantitative estimate of drug-likeness (QED) is 0.572. The van der Waals surface area contributed by atoms with Gasteiger partial charge in [-0.1, -0.05) is 0 Å². The third-order valence-corrected chi connectivity index (χ3v) is 4.64. The van der Waals surface area contributed by atoms with Gasteiger partial charge in [0.1, 0.15) is 0 Å². The van der Waals surface area contributed by atoms with Gasteiger partial charge in [-0.25, -0.2) is 8.78 Å². The van der Waals surface area contributed by atoms with Crippen molar-refractivity contribution in [2.75, 3.05) is 0 Å². The van der Waals surface area contributed by atoms with Crippen LogP contribution in [0.4, 0.5) is 26.3 Å². The van der Waals surface area contributed by atoms with Gasteiger partial charge >= 0.3 is 11.8 Å². The first-order chi connectivity index (χ1) is 7.17. The number of hydrogen-bond acceptors (Lipinski definition) is 0. The van der Waals surface area contributed by atoms with E-state index in [9.17, 15) is 26.3 Å². The van der Waals surface area contributed by atoms with Crippen molar-refractivity contribution in [3.63, 3.8) is 0 Å². The van der Waals surface area contributed by atoms with E-state index < -0.39 is 41.4 Å². The molecule has 2 bridgehead atoms. The summed E-state index contributed by atoms with van der Waals surface area (Å²) in [5, 5.41) is 0. The van der Waals surface area contributed by atoms with Crippen molar-refractivity contribution in [2.45, 2.75) is 48.9 Å². The Morgan fingerprint density at radius 1 is 0.812 bits per heavy atom. The minimum Gasteiger partial charge on any atom is -0.240 e. The van der Waals surface area contributed by atoms with Crippen LogP contribution in [0.2, 0.25) is 0 Å². The lowest BCUT2D eigenvalue weighted by Crippen LogP contribution is -2.58. The van der Waals surface area contributed by atoms with Gasteiger partial charge in [-0.3, -0.25) is 0 Å². The van der Waals surface area contributed by atoms with Gasteiger partial charge in [0.2, 0.25) is 5.67 Å². The van der Waals surface area contributed by atoms with E-state index >= 15 is 0 Å². The molecule has 0 spiro atoms. The highest BCUT2D eigenvalue weighted by Crippen LogP contribution is 2.74. The fourth-order valence-corrected chi connectivity index (χ4v) is 3.89. The highest BCUT2D eigenvalue weighted by Gasteiger charge is 2.91. The molecule has 4 atom stereocenters. The van der Waals surface area contributed by atoms with Crippen LogP contribution in [0.15, 0.2) is 0 Å². The summed E-state index contributed by atoms with van der Waals surface area (Å²) in [5.74, 6) is -11.7. The molecule has 0 aliphatic heterocycles. The highest BCUT2D eigenvalue weighted by molar-refractivity contribution is 5.31. The second-order valence-electron chi connectivity index (χ2n) is 5.24. The summed E-state index contributed by atoms with van der Waals surface area (Å²) >= 11 is 0. The molecule has 0 N–H and O–H groups in total. The molecule has 0 amide bonds. The number of fused-ring (bicyclic) bond motifs is 5. The summed E-state index contributed by atoms with van der Waals surface area (Å²) in [6, 6.07) is 0. The average molecular weight is 244 g/mol. The Labute approximate surface area is 88.0 Å². The first kappa shape index (κ1) is 10.7.